The van der Waals surface area contributed by atoms with E-state index < -0.39 is 0 Å². The van der Waals surface area contributed by atoms with Crippen molar-refractivity contribution >= 4 is 0 Å². The number of nitriles is 1. The maximum Gasteiger partial charge on any atom is 3.00 e. The summed E-state index contributed by atoms with van der Waals surface area (Å²) in [5.41, 5.74) is 23.0. The quantitative estimate of drug-likeness (QED) is 0.108. The number of hydrogen-bond acceptors (Lipinski definition) is 4. The van der Waals surface area contributed by atoms with Gasteiger partial charge in [-0.05, 0) is 121 Å². The minimum Gasteiger partial charge on any atom is -0.305 e. The van der Waals surface area contributed by atoms with Crippen LogP contribution in [-0.2, 0) is 56.6 Å². The molecule has 0 amide bonds. The summed E-state index contributed by atoms with van der Waals surface area (Å²) in [5.74, 6) is 0. The largest absolute Gasteiger partial charge is 3.00 e. The summed E-state index contributed by atoms with van der Waals surface area (Å²) in [6.45, 7) is 14.3. The monoisotopic (exact) mass is 1160 g/mol. The van der Waals surface area contributed by atoms with Gasteiger partial charge in [0.25, 0.3) is 0 Å². The Morgan fingerprint density at radius 2 is 0.921 bits per heavy atom. The molecule has 0 saturated carbocycles. The molecule has 0 fully saturated rings. The van der Waals surface area contributed by atoms with Crippen LogP contribution < -0.4 is 0 Å². The third-order valence-corrected chi connectivity index (χ3v) is 16.8. The smallest absolute Gasteiger partial charge is 0.305 e. The second-order valence-corrected chi connectivity index (χ2v) is 21.7. The predicted octanol–water partition coefficient (Wildman–Crippen LogP) is 17.0. The van der Waals surface area contributed by atoms with Gasteiger partial charge in [0.15, 0.2) is 0 Å². The fraction of sp³-hybridized carbons (Fsp3) is 0.183. The third kappa shape index (κ3) is 10.0. The van der Waals surface area contributed by atoms with Crippen LogP contribution in [0.4, 0.5) is 0 Å². The van der Waals surface area contributed by atoms with Crippen LogP contribution in [0, 0.1) is 34.9 Å². The second kappa shape index (κ2) is 21.4. The van der Waals surface area contributed by atoms with Crippen LogP contribution in [0.15, 0.2) is 201 Å². The predicted molar refractivity (Wildman–Crippen MR) is 307 cm³/mol. The van der Waals surface area contributed by atoms with Gasteiger partial charge in [-0.2, -0.15) is 5.26 Å². The number of benzene rings is 7. The molecule has 372 valence electrons. The summed E-state index contributed by atoms with van der Waals surface area (Å²) in [7, 11) is 0. The molecule has 0 radical (unpaired) electrons. The maximum atomic E-state index is 9.47. The van der Waals surface area contributed by atoms with Gasteiger partial charge in [0.05, 0.1) is 11.6 Å². The SMILES string of the molecule is CC1(C)c2cnc(-c3[c-]cc(-c4ccccc4-c4cc(CCc5c[c-]c(-c6ccccn6)cc5)cc(CCc5c[c-]c(-c6ccccn6)cc5)c4)c(-c4ccc(-c5ccc(C#N)cc5)cc4)c3)cc2C(C)(C)C1(C)C.[Ir+3]. The standard InChI is InChI=1S/C71H59N4.Ir/c1-69(2)64-45-68(75-47-65(64)70(3,4)71(69,5)6)58-37-38-62(63(44-58)55-35-33-54(34-36-55)53-27-25-50(46-72)26-28-53)61-14-8-7-13-60(61)59-42-51(19-17-48-21-29-56(30-22-48)66-15-9-11-39-73-66)41-52(43-59)20-18-49-23-31-57(32-24-49)67-16-10-12-40-74-67;/h7-16,21-29,31,33-36,38-45,47H,17-20H2,1-6H3;/q-3;+3. The first-order valence-electron chi connectivity index (χ1n) is 26.1. The third-order valence-electron chi connectivity index (χ3n) is 16.8. The van der Waals surface area contributed by atoms with E-state index in [0.29, 0.717) is 5.56 Å². The Labute approximate surface area is 463 Å². The molecule has 11 rings (SSSR count). The van der Waals surface area contributed by atoms with Crippen molar-refractivity contribution < 1.29 is 20.1 Å². The van der Waals surface area contributed by atoms with Crippen molar-refractivity contribution in [3.05, 3.63) is 258 Å². The first-order valence-corrected chi connectivity index (χ1v) is 26.1. The van der Waals surface area contributed by atoms with Crippen molar-refractivity contribution in [3.8, 4) is 84.3 Å². The van der Waals surface area contributed by atoms with Crippen LogP contribution in [0.2, 0.25) is 0 Å². The summed E-state index contributed by atoms with van der Waals surface area (Å²) < 4.78 is 0. The number of aryl methyl sites for hydroxylation is 4. The average Bonchev–Trinajstić information content (AvgIpc) is 3.58. The van der Waals surface area contributed by atoms with Gasteiger partial charge in [0, 0.05) is 18.6 Å². The van der Waals surface area contributed by atoms with Crippen LogP contribution in [0.5, 0.6) is 0 Å². The van der Waals surface area contributed by atoms with Gasteiger partial charge in [-0.3, -0.25) is 0 Å². The van der Waals surface area contributed by atoms with E-state index in [-0.39, 0.29) is 36.4 Å². The molecule has 3 aromatic heterocycles. The zero-order valence-electron chi connectivity index (χ0n) is 44.0. The number of aromatic nitrogens is 3. The molecule has 3 heterocycles. The van der Waals surface area contributed by atoms with E-state index in [4.69, 9.17) is 4.98 Å². The number of pyridine rings is 3. The number of nitrogens with zero attached hydrogens (tertiary/aromatic N) is 4. The normalized spacial score (nSPS) is 13.8. The Kier molecular flexibility index (Phi) is 14.5. The zero-order chi connectivity index (χ0) is 51.7. The number of fused-ring (bicyclic) bond motifs is 1. The average molecular weight is 1160 g/mol. The van der Waals surface area contributed by atoms with Crippen LogP contribution in [0.25, 0.3) is 78.3 Å². The molecule has 0 saturated heterocycles. The molecule has 76 heavy (non-hydrogen) atoms. The Morgan fingerprint density at radius 1 is 0.408 bits per heavy atom. The fourth-order valence-electron chi connectivity index (χ4n) is 11.1. The van der Waals surface area contributed by atoms with E-state index >= 15 is 0 Å². The Bertz CT molecular complexity index is 3600. The number of hydrogen-bond donors (Lipinski definition) is 0. The van der Waals surface area contributed by atoms with Gasteiger partial charge >= 0.3 is 20.1 Å². The molecule has 1 aliphatic rings. The number of rotatable bonds is 13. The van der Waals surface area contributed by atoms with Crippen molar-refractivity contribution in [2.45, 2.75) is 78.1 Å². The molecule has 0 spiro atoms. The van der Waals surface area contributed by atoms with Gasteiger partial charge in [0.2, 0.25) is 0 Å². The van der Waals surface area contributed by atoms with E-state index in [1.54, 1.807) is 0 Å². The van der Waals surface area contributed by atoms with Gasteiger partial charge in [-0.25, -0.2) is 0 Å². The van der Waals surface area contributed by atoms with Crippen molar-refractivity contribution in [1.29, 1.82) is 5.26 Å². The summed E-state index contributed by atoms with van der Waals surface area (Å²) >= 11 is 0. The van der Waals surface area contributed by atoms with Crippen LogP contribution in [-0.4, -0.2) is 15.0 Å². The maximum absolute atomic E-state index is 9.47. The van der Waals surface area contributed by atoms with Crippen LogP contribution >= 0.6 is 0 Å². The molecule has 0 N–H and O–H groups in total. The molecule has 0 bridgehead atoms. The molecule has 1 aliphatic carbocycles. The molecule has 5 heteroatoms. The van der Waals surface area contributed by atoms with Crippen molar-refractivity contribution in [2.75, 3.05) is 0 Å². The van der Waals surface area contributed by atoms with E-state index in [1.807, 2.05) is 73.1 Å². The van der Waals surface area contributed by atoms with Crippen molar-refractivity contribution in [3.63, 3.8) is 0 Å². The summed E-state index contributed by atoms with van der Waals surface area (Å²) in [6.07, 6.45) is 9.31. The van der Waals surface area contributed by atoms with E-state index in [1.165, 1.54) is 44.5 Å². The molecule has 0 unspecified atom stereocenters. The zero-order valence-corrected chi connectivity index (χ0v) is 46.4. The van der Waals surface area contributed by atoms with E-state index in [2.05, 4.69) is 203 Å². The van der Waals surface area contributed by atoms with Crippen LogP contribution in [0.3, 0.4) is 0 Å². The van der Waals surface area contributed by atoms with Gasteiger partial charge in [-0.15, -0.1) is 94.5 Å². The van der Waals surface area contributed by atoms with E-state index in [9.17, 15) is 5.26 Å². The minimum atomic E-state index is -0.0633. The first-order chi connectivity index (χ1) is 36.4. The Hall–Kier alpha value is -7.87. The van der Waals surface area contributed by atoms with Gasteiger partial charge in [-0.1, -0.05) is 180 Å². The summed E-state index contributed by atoms with van der Waals surface area (Å²) in [6, 6.07) is 77.4. The minimum absolute atomic E-state index is 0. The van der Waals surface area contributed by atoms with Gasteiger partial charge < -0.3 is 15.0 Å². The fourth-order valence-corrected chi connectivity index (χ4v) is 11.1. The first kappa shape index (κ1) is 51.6. The van der Waals surface area contributed by atoms with E-state index in [0.717, 1.165) is 92.8 Å². The summed E-state index contributed by atoms with van der Waals surface area (Å²) in [5, 5.41) is 9.47. The molecule has 10 aromatic rings. The molecule has 4 nitrogen and oxygen atoms in total. The Balaban J connectivity index is 0.00000657. The Morgan fingerprint density at radius 3 is 1.46 bits per heavy atom. The molecule has 7 aromatic carbocycles. The topological polar surface area (TPSA) is 62.5 Å². The van der Waals surface area contributed by atoms with Crippen molar-refractivity contribution in [1.82, 2.24) is 15.0 Å². The molecular formula is C71H59IrN4. The van der Waals surface area contributed by atoms with Crippen LogP contribution in [0.1, 0.15) is 80.5 Å². The molecule has 0 aliphatic heterocycles. The summed E-state index contributed by atoms with van der Waals surface area (Å²) in [4.78, 5) is 14.3. The molecular weight excluding hydrogens is 1100 g/mol. The van der Waals surface area contributed by atoms with Gasteiger partial charge in [0.1, 0.15) is 0 Å². The van der Waals surface area contributed by atoms with Crippen molar-refractivity contribution in [2.24, 2.45) is 5.41 Å². The molecule has 0 atom stereocenters. The second-order valence-electron chi connectivity index (χ2n) is 21.7.